The van der Waals surface area contributed by atoms with Crippen molar-refractivity contribution in [3.05, 3.63) is 29.6 Å². The summed E-state index contributed by atoms with van der Waals surface area (Å²) >= 11 is 0. The van der Waals surface area contributed by atoms with Crippen molar-refractivity contribution in [3.8, 4) is 0 Å². The zero-order chi connectivity index (χ0) is 12.3. The summed E-state index contributed by atoms with van der Waals surface area (Å²) in [5, 5.41) is 0. The Morgan fingerprint density at radius 3 is 2.44 bits per heavy atom. The quantitative estimate of drug-likeness (QED) is 0.797. The van der Waals surface area contributed by atoms with Gasteiger partial charge in [-0.1, -0.05) is 19.9 Å². The molecule has 1 unspecified atom stereocenters. The molecule has 0 bridgehead atoms. The van der Waals surface area contributed by atoms with Crippen LogP contribution >= 0.6 is 0 Å². The van der Waals surface area contributed by atoms with Gasteiger partial charge in [0, 0.05) is 23.8 Å². The lowest BCUT2D eigenvalue weighted by atomic mass is 10.0. The average Bonchev–Trinajstić information content (AvgIpc) is 2.22. The molecular weight excluding hydrogens is 203 g/mol. The first-order valence-electron chi connectivity index (χ1n) is 5.66. The summed E-state index contributed by atoms with van der Waals surface area (Å²) in [6.45, 7) is 7.01. The van der Waals surface area contributed by atoms with Gasteiger partial charge in [0.2, 0.25) is 0 Å². The third-order valence-electron chi connectivity index (χ3n) is 3.22. The molecule has 3 heteroatoms. The molecule has 1 aromatic carbocycles. The number of rotatable bonds is 4. The van der Waals surface area contributed by atoms with Crippen LogP contribution in [0.4, 0.5) is 10.1 Å². The molecule has 0 saturated heterocycles. The molecule has 2 N–H and O–H groups in total. The topological polar surface area (TPSA) is 29.3 Å². The molecule has 0 amide bonds. The molecule has 16 heavy (non-hydrogen) atoms. The number of nitrogen functional groups attached to an aromatic ring is 1. The van der Waals surface area contributed by atoms with E-state index in [0.717, 1.165) is 0 Å². The highest BCUT2D eigenvalue weighted by molar-refractivity contribution is 5.47. The van der Waals surface area contributed by atoms with Gasteiger partial charge in [-0.25, -0.2) is 4.39 Å². The summed E-state index contributed by atoms with van der Waals surface area (Å²) in [5.41, 5.74) is 6.90. The largest absolute Gasteiger partial charge is 0.398 e. The first-order valence-corrected chi connectivity index (χ1v) is 5.66. The van der Waals surface area contributed by atoms with E-state index in [1.807, 2.05) is 7.05 Å². The summed E-state index contributed by atoms with van der Waals surface area (Å²) in [6.07, 6.45) is 0. The number of nitrogens with zero attached hydrogens (tertiary/aromatic N) is 1. The zero-order valence-corrected chi connectivity index (χ0v) is 10.5. The number of nitrogens with two attached hydrogens (primary N) is 1. The van der Waals surface area contributed by atoms with Crippen LogP contribution < -0.4 is 5.73 Å². The van der Waals surface area contributed by atoms with Crippen molar-refractivity contribution in [1.29, 1.82) is 0 Å². The van der Waals surface area contributed by atoms with E-state index in [9.17, 15) is 4.39 Å². The van der Waals surface area contributed by atoms with E-state index in [4.69, 9.17) is 5.73 Å². The number of benzene rings is 1. The molecule has 0 aliphatic heterocycles. The molecule has 2 nitrogen and oxygen atoms in total. The Morgan fingerprint density at radius 2 is 1.94 bits per heavy atom. The standard InChI is InChI=1S/C13H21FN2/c1-9(2)10(3)16(4)8-11-12(14)6-5-7-13(11)15/h5-7,9-10H,8,15H2,1-4H3. The molecule has 1 atom stereocenters. The van der Waals surface area contributed by atoms with Crippen molar-refractivity contribution in [1.82, 2.24) is 4.90 Å². The monoisotopic (exact) mass is 224 g/mol. The minimum Gasteiger partial charge on any atom is -0.398 e. The molecule has 0 heterocycles. The van der Waals surface area contributed by atoms with E-state index in [1.54, 1.807) is 12.1 Å². The van der Waals surface area contributed by atoms with Gasteiger partial charge in [0.15, 0.2) is 0 Å². The number of hydrogen-bond donors (Lipinski definition) is 1. The summed E-state index contributed by atoms with van der Waals surface area (Å²) in [7, 11) is 2.00. The molecular formula is C13H21FN2. The SMILES string of the molecule is CC(C)C(C)N(C)Cc1c(N)cccc1F. The molecule has 90 valence electrons. The minimum absolute atomic E-state index is 0.220. The maximum atomic E-state index is 13.6. The Bertz CT molecular complexity index is 330. The van der Waals surface area contributed by atoms with Crippen LogP contribution in [0.25, 0.3) is 0 Å². The van der Waals surface area contributed by atoms with Gasteiger partial charge in [-0.2, -0.15) is 0 Å². The first-order chi connectivity index (χ1) is 7.43. The maximum absolute atomic E-state index is 13.6. The molecule has 0 radical (unpaired) electrons. The molecule has 1 rings (SSSR count). The van der Waals surface area contributed by atoms with Crippen molar-refractivity contribution in [2.75, 3.05) is 12.8 Å². The Labute approximate surface area is 97.3 Å². The second-order valence-electron chi connectivity index (χ2n) is 4.71. The highest BCUT2D eigenvalue weighted by Gasteiger charge is 2.16. The van der Waals surface area contributed by atoms with Crippen molar-refractivity contribution < 1.29 is 4.39 Å². The van der Waals surface area contributed by atoms with Crippen LogP contribution in [0.2, 0.25) is 0 Å². The highest BCUT2D eigenvalue weighted by atomic mass is 19.1. The van der Waals surface area contributed by atoms with E-state index in [1.165, 1.54) is 6.07 Å². The van der Waals surface area contributed by atoms with Crippen LogP contribution in [0, 0.1) is 11.7 Å². The van der Waals surface area contributed by atoms with Gasteiger partial charge in [-0.15, -0.1) is 0 Å². The predicted molar refractivity (Wildman–Crippen MR) is 66.6 cm³/mol. The van der Waals surface area contributed by atoms with Crippen LogP contribution in [-0.4, -0.2) is 18.0 Å². The fourth-order valence-corrected chi connectivity index (χ4v) is 1.64. The molecule has 0 aliphatic carbocycles. The Balaban J connectivity index is 2.80. The molecule has 0 fully saturated rings. The summed E-state index contributed by atoms with van der Waals surface area (Å²) in [5.74, 6) is 0.320. The van der Waals surface area contributed by atoms with Gasteiger partial charge >= 0.3 is 0 Å². The third-order valence-corrected chi connectivity index (χ3v) is 3.22. The Hall–Kier alpha value is -1.09. The van der Waals surface area contributed by atoms with E-state index < -0.39 is 0 Å². The first kappa shape index (κ1) is 13.0. The lowest BCUT2D eigenvalue weighted by molar-refractivity contribution is 0.198. The van der Waals surface area contributed by atoms with Crippen molar-refractivity contribution in [3.63, 3.8) is 0 Å². The van der Waals surface area contributed by atoms with Crippen LogP contribution in [0.1, 0.15) is 26.3 Å². The van der Waals surface area contributed by atoms with Crippen LogP contribution in [0.5, 0.6) is 0 Å². The molecule has 1 aromatic rings. The minimum atomic E-state index is -0.220. The van der Waals surface area contributed by atoms with Gasteiger partial charge in [-0.05, 0) is 32.0 Å². The predicted octanol–water partition coefficient (Wildman–Crippen LogP) is 2.88. The van der Waals surface area contributed by atoms with E-state index in [0.29, 0.717) is 29.8 Å². The lowest BCUT2D eigenvalue weighted by Crippen LogP contribution is -2.33. The smallest absolute Gasteiger partial charge is 0.129 e. The van der Waals surface area contributed by atoms with Crippen LogP contribution in [0.15, 0.2) is 18.2 Å². The molecule has 0 aromatic heterocycles. The summed E-state index contributed by atoms with van der Waals surface area (Å²) in [6, 6.07) is 5.24. The fourth-order valence-electron chi connectivity index (χ4n) is 1.64. The highest BCUT2D eigenvalue weighted by Crippen LogP contribution is 2.19. The lowest BCUT2D eigenvalue weighted by Gasteiger charge is -2.28. The van der Waals surface area contributed by atoms with Crippen molar-refractivity contribution in [2.24, 2.45) is 5.92 Å². The summed E-state index contributed by atoms with van der Waals surface area (Å²) < 4.78 is 13.6. The molecule has 0 spiro atoms. The van der Waals surface area contributed by atoms with Gasteiger partial charge in [0.25, 0.3) is 0 Å². The van der Waals surface area contributed by atoms with Gasteiger partial charge < -0.3 is 5.73 Å². The van der Waals surface area contributed by atoms with Gasteiger partial charge in [0.1, 0.15) is 5.82 Å². The zero-order valence-electron chi connectivity index (χ0n) is 10.5. The van der Waals surface area contributed by atoms with E-state index >= 15 is 0 Å². The number of halogens is 1. The molecule has 0 aliphatic rings. The van der Waals surface area contributed by atoms with E-state index in [-0.39, 0.29) is 5.82 Å². The van der Waals surface area contributed by atoms with Gasteiger partial charge in [-0.3, -0.25) is 4.90 Å². The second-order valence-corrected chi connectivity index (χ2v) is 4.71. The average molecular weight is 224 g/mol. The number of anilines is 1. The van der Waals surface area contributed by atoms with Crippen LogP contribution in [0.3, 0.4) is 0 Å². The Kier molecular flexibility index (Phi) is 4.30. The van der Waals surface area contributed by atoms with Gasteiger partial charge in [0.05, 0.1) is 0 Å². The maximum Gasteiger partial charge on any atom is 0.129 e. The summed E-state index contributed by atoms with van der Waals surface area (Å²) in [4.78, 5) is 2.12. The third kappa shape index (κ3) is 2.95. The Morgan fingerprint density at radius 1 is 1.31 bits per heavy atom. The molecule has 0 saturated carbocycles. The van der Waals surface area contributed by atoms with Crippen molar-refractivity contribution >= 4 is 5.69 Å². The normalized spacial score (nSPS) is 13.4. The second kappa shape index (κ2) is 5.30. The number of hydrogen-bond acceptors (Lipinski definition) is 2. The van der Waals surface area contributed by atoms with E-state index in [2.05, 4.69) is 25.7 Å². The fraction of sp³-hybridized carbons (Fsp3) is 0.538. The van der Waals surface area contributed by atoms with Crippen molar-refractivity contribution in [2.45, 2.75) is 33.4 Å². The van der Waals surface area contributed by atoms with Crippen LogP contribution in [-0.2, 0) is 6.54 Å².